The number of amides is 1. The number of aliphatic imine (C=N–C) groups is 1. The van der Waals surface area contributed by atoms with Crippen LogP contribution >= 0.6 is 11.8 Å². The molecule has 0 radical (unpaired) electrons. The van der Waals surface area contributed by atoms with E-state index in [2.05, 4.69) is 53.2 Å². The molecular weight excluding hydrogens is 320 g/mol. The molecule has 6 heteroatoms. The van der Waals surface area contributed by atoms with Gasteiger partial charge in [-0.05, 0) is 39.0 Å². The van der Waals surface area contributed by atoms with Gasteiger partial charge in [-0.1, -0.05) is 30.3 Å². The number of hydrogen-bond acceptors (Lipinski definition) is 3. The number of thioether (sulfide) groups is 1. The predicted octanol–water partition coefficient (Wildman–Crippen LogP) is 2.04. The van der Waals surface area contributed by atoms with E-state index in [-0.39, 0.29) is 17.2 Å². The average molecular weight is 351 g/mol. The molecule has 0 bridgehead atoms. The minimum Gasteiger partial charge on any atom is -0.357 e. The zero-order valence-corrected chi connectivity index (χ0v) is 16.0. The Morgan fingerprint density at radius 1 is 1.17 bits per heavy atom. The highest BCUT2D eigenvalue weighted by molar-refractivity contribution is 7.99. The van der Waals surface area contributed by atoms with Gasteiger partial charge in [0.25, 0.3) is 0 Å². The minimum absolute atomic E-state index is 0.0627. The summed E-state index contributed by atoms with van der Waals surface area (Å²) in [7, 11) is 0. The average Bonchev–Trinajstić information content (AvgIpc) is 2.58. The molecule has 3 N–H and O–H groups in total. The van der Waals surface area contributed by atoms with Gasteiger partial charge in [0.15, 0.2) is 5.96 Å². The largest absolute Gasteiger partial charge is 0.357 e. The van der Waals surface area contributed by atoms with Gasteiger partial charge in [0.05, 0.1) is 0 Å². The number of nitrogens with zero attached hydrogens (tertiary/aromatic N) is 1. The first kappa shape index (κ1) is 20.4. The number of benzene rings is 1. The van der Waals surface area contributed by atoms with Crippen LogP contribution in [0.5, 0.6) is 0 Å². The van der Waals surface area contributed by atoms with Gasteiger partial charge in [-0.25, -0.2) is 4.99 Å². The lowest BCUT2D eigenvalue weighted by atomic mass is 10.1. The van der Waals surface area contributed by atoms with Crippen LogP contribution in [0.2, 0.25) is 0 Å². The molecule has 0 aliphatic heterocycles. The SMILES string of the molecule is CCNC(=NCC(=O)NCCc1ccccc1)NCC(C)(C)SC. The first-order valence-electron chi connectivity index (χ1n) is 8.35. The van der Waals surface area contributed by atoms with Gasteiger partial charge in [-0.2, -0.15) is 11.8 Å². The molecule has 24 heavy (non-hydrogen) atoms. The van der Waals surface area contributed by atoms with Crippen LogP contribution in [0.25, 0.3) is 0 Å². The van der Waals surface area contributed by atoms with Crippen molar-refractivity contribution in [3.63, 3.8) is 0 Å². The van der Waals surface area contributed by atoms with E-state index in [1.807, 2.05) is 25.1 Å². The molecule has 1 aromatic carbocycles. The summed E-state index contributed by atoms with van der Waals surface area (Å²) in [6.07, 6.45) is 2.92. The smallest absolute Gasteiger partial charge is 0.241 e. The first-order chi connectivity index (χ1) is 11.5. The van der Waals surface area contributed by atoms with Crippen LogP contribution in [-0.2, 0) is 11.2 Å². The second kappa shape index (κ2) is 11.0. The quantitative estimate of drug-likeness (QED) is 0.471. The van der Waals surface area contributed by atoms with Gasteiger partial charge < -0.3 is 16.0 Å². The summed E-state index contributed by atoms with van der Waals surface area (Å²) in [6.45, 7) is 8.66. The number of carbonyl (C=O) groups is 1. The highest BCUT2D eigenvalue weighted by Gasteiger charge is 2.16. The normalized spacial score (nSPS) is 11.9. The third-order valence-electron chi connectivity index (χ3n) is 3.54. The molecule has 0 saturated carbocycles. The highest BCUT2D eigenvalue weighted by Crippen LogP contribution is 2.19. The van der Waals surface area contributed by atoms with Crippen molar-refractivity contribution in [2.45, 2.75) is 31.9 Å². The number of nitrogens with one attached hydrogen (secondary N) is 3. The van der Waals surface area contributed by atoms with E-state index < -0.39 is 0 Å². The fraction of sp³-hybridized carbons (Fsp3) is 0.556. The summed E-state index contributed by atoms with van der Waals surface area (Å²) >= 11 is 1.80. The lowest BCUT2D eigenvalue weighted by Crippen LogP contribution is -2.43. The fourth-order valence-electron chi connectivity index (χ4n) is 1.91. The summed E-state index contributed by atoms with van der Waals surface area (Å²) in [5.41, 5.74) is 1.22. The Balaban J connectivity index is 2.37. The second-order valence-corrected chi connectivity index (χ2v) is 7.61. The summed E-state index contributed by atoms with van der Waals surface area (Å²) in [5, 5.41) is 9.36. The lowest BCUT2D eigenvalue weighted by Gasteiger charge is -2.23. The third kappa shape index (κ3) is 8.82. The molecule has 0 atom stereocenters. The van der Waals surface area contributed by atoms with Crippen molar-refractivity contribution in [3.05, 3.63) is 35.9 Å². The van der Waals surface area contributed by atoms with Gasteiger partial charge in [0, 0.05) is 24.4 Å². The van der Waals surface area contributed by atoms with E-state index in [1.165, 1.54) is 5.56 Å². The maximum atomic E-state index is 11.9. The van der Waals surface area contributed by atoms with Crippen molar-refractivity contribution in [2.24, 2.45) is 4.99 Å². The Bertz CT molecular complexity index is 517. The minimum atomic E-state index is -0.0627. The zero-order valence-electron chi connectivity index (χ0n) is 15.2. The van der Waals surface area contributed by atoms with Crippen molar-refractivity contribution >= 4 is 23.6 Å². The van der Waals surface area contributed by atoms with Crippen molar-refractivity contribution < 1.29 is 4.79 Å². The van der Waals surface area contributed by atoms with Crippen molar-refractivity contribution in [2.75, 3.05) is 32.4 Å². The molecule has 0 spiro atoms. The van der Waals surface area contributed by atoms with Crippen LogP contribution in [0.15, 0.2) is 35.3 Å². The molecule has 0 aliphatic rings. The van der Waals surface area contributed by atoms with Gasteiger partial charge in [-0.15, -0.1) is 0 Å². The Morgan fingerprint density at radius 3 is 2.50 bits per heavy atom. The molecule has 1 aromatic rings. The zero-order chi connectivity index (χ0) is 17.8. The molecule has 0 unspecified atom stereocenters. The van der Waals surface area contributed by atoms with E-state index in [1.54, 1.807) is 11.8 Å². The third-order valence-corrected chi connectivity index (χ3v) is 4.79. The predicted molar refractivity (Wildman–Crippen MR) is 105 cm³/mol. The summed E-state index contributed by atoms with van der Waals surface area (Å²) in [5.74, 6) is 0.616. The topological polar surface area (TPSA) is 65.5 Å². The Morgan fingerprint density at radius 2 is 1.88 bits per heavy atom. The van der Waals surface area contributed by atoms with Crippen LogP contribution in [0, 0.1) is 0 Å². The standard InChI is InChI=1S/C18H30N4OS/c1-5-19-17(22-14-18(2,3)24-4)21-13-16(23)20-12-11-15-9-7-6-8-10-15/h6-10H,5,11-14H2,1-4H3,(H,20,23)(H2,19,21,22). The fourth-order valence-corrected chi connectivity index (χ4v) is 2.12. The van der Waals surface area contributed by atoms with Gasteiger partial charge in [0.1, 0.15) is 6.54 Å². The maximum Gasteiger partial charge on any atom is 0.241 e. The van der Waals surface area contributed by atoms with E-state index in [4.69, 9.17) is 0 Å². The molecule has 134 valence electrons. The van der Waals surface area contributed by atoms with E-state index >= 15 is 0 Å². The lowest BCUT2D eigenvalue weighted by molar-refractivity contribution is -0.119. The Hall–Kier alpha value is -1.69. The number of hydrogen-bond donors (Lipinski definition) is 3. The van der Waals surface area contributed by atoms with Crippen LogP contribution < -0.4 is 16.0 Å². The molecule has 1 amide bonds. The number of rotatable bonds is 9. The maximum absolute atomic E-state index is 11.9. The van der Waals surface area contributed by atoms with E-state index in [0.29, 0.717) is 12.5 Å². The summed E-state index contributed by atoms with van der Waals surface area (Å²) < 4.78 is 0.119. The molecule has 0 heterocycles. The second-order valence-electron chi connectivity index (χ2n) is 6.10. The van der Waals surface area contributed by atoms with Crippen LogP contribution in [0.4, 0.5) is 0 Å². The molecule has 0 fully saturated rings. The molecule has 0 aromatic heterocycles. The van der Waals surface area contributed by atoms with Crippen LogP contribution in [-0.4, -0.2) is 49.0 Å². The van der Waals surface area contributed by atoms with Gasteiger partial charge >= 0.3 is 0 Å². The summed E-state index contributed by atoms with van der Waals surface area (Å²) in [6, 6.07) is 10.1. The molecular formula is C18H30N4OS. The van der Waals surface area contributed by atoms with Crippen molar-refractivity contribution in [3.8, 4) is 0 Å². The Labute approximate surface area is 150 Å². The van der Waals surface area contributed by atoms with Crippen LogP contribution in [0.1, 0.15) is 26.3 Å². The molecule has 0 aliphatic carbocycles. The Kier molecular flexibility index (Phi) is 9.30. The number of guanidine groups is 1. The molecule has 0 saturated heterocycles. The number of carbonyl (C=O) groups excluding carboxylic acids is 1. The highest BCUT2D eigenvalue weighted by atomic mass is 32.2. The first-order valence-corrected chi connectivity index (χ1v) is 9.57. The van der Waals surface area contributed by atoms with Crippen LogP contribution in [0.3, 0.4) is 0 Å². The molecule has 5 nitrogen and oxygen atoms in total. The molecule has 1 rings (SSSR count). The monoisotopic (exact) mass is 350 g/mol. The van der Waals surface area contributed by atoms with E-state index in [0.717, 1.165) is 19.5 Å². The van der Waals surface area contributed by atoms with Crippen molar-refractivity contribution in [1.29, 1.82) is 0 Å². The van der Waals surface area contributed by atoms with Gasteiger partial charge in [0.2, 0.25) is 5.91 Å². The summed E-state index contributed by atoms with van der Waals surface area (Å²) in [4.78, 5) is 16.3. The van der Waals surface area contributed by atoms with E-state index in [9.17, 15) is 4.79 Å². The van der Waals surface area contributed by atoms with Gasteiger partial charge in [-0.3, -0.25) is 4.79 Å². The van der Waals surface area contributed by atoms with Crippen molar-refractivity contribution in [1.82, 2.24) is 16.0 Å².